The molecule has 0 fully saturated rings. The van der Waals surface area contributed by atoms with E-state index in [4.69, 9.17) is 19.4 Å². The summed E-state index contributed by atoms with van der Waals surface area (Å²) in [5, 5.41) is 9.13. The first-order valence-electron chi connectivity index (χ1n) is 22.0. The van der Waals surface area contributed by atoms with Gasteiger partial charge in [0.15, 0.2) is 11.6 Å². The number of furan rings is 1. The van der Waals surface area contributed by atoms with Gasteiger partial charge < -0.3 is 8.98 Å². The molecule has 63 heavy (non-hydrogen) atoms. The summed E-state index contributed by atoms with van der Waals surface area (Å²) in [7, 11) is 0. The van der Waals surface area contributed by atoms with Crippen LogP contribution in [0.2, 0.25) is 0 Å². The molecule has 0 unspecified atom stereocenters. The smallest absolute Gasteiger partial charge is 0.238 e. The lowest BCUT2D eigenvalue weighted by Gasteiger charge is -2.42. The highest BCUT2D eigenvalue weighted by Crippen LogP contribution is 2.50. The number of hydrogen-bond acceptors (Lipinski definition) is 4. The molecule has 12 aromatic rings. The van der Waals surface area contributed by atoms with Gasteiger partial charge in [0.05, 0.1) is 22.1 Å². The molecule has 8 aromatic carbocycles. The van der Waals surface area contributed by atoms with E-state index in [2.05, 4.69) is 182 Å². The Kier molecular flexibility index (Phi) is 7.44. The van der Waals surface area contributed by atoms with Crippen molar-refractivity contribution in [3.63, 3.8) is 0 Å². The number of rotatable bonds is 4. The Morgan fingerprint density at radius 1 is 0.460 bits per heavy atom. The fourth-order valence-electron chi connectivity index (χ4n) is 10.7. The maximum absolute atomic E-state index is 6.28. The molecule has 1 aliphatic carbocycles. The molecule has 0 bridgehead atoms. The third-order valence-electron chi connectivity index (χ3n) is 14.0. The van der Waals surface area contributed by atoms with E-state index in [1.165, 1.54) is 43.7 Å². The van der Waals surface area contributed by atoms with Gasteiger partial charge in [-0.15, -0.1) is 0 Å². The molecule has 4 aromatic heterocycles. The van der Waals surface area contributed by atoms with Crippen LogP contribution in [0.25, 0.3) is 111 Å². The van der Waals surface area contributed by atoms with Crippen molar-refractivity contribution in [2.24, 2.45) is 0 Å². The molecule has 1 aliphatic rings. The van der Waals surface area contributed by atoms with Gasteiger partial charge in [-0.3, -0.25) is 4.57 Å². The third kappa shape index (κ3) is 5.27. The van der Waals surface area contributed by atoms with Crippen LogP contribution in [0, 0.1) is 0 Å². The van der Waals surface area contributed by atoms with Gasteiger partial charge in [0.1, 0.15) is 11.2 Å². The summed E-state index contributed by atoms with van der Waals surface area (Å²) in [6, 6.07) is 58.5. The number of benzene rings is 8. The van der Waals surface area contributed by atoms with Crippen molar-refractivity contribution in [3.8, 4) is 34.4 Å². The van der Waals surface area contributed by atoms with E-state index < -0.39 is 0 Å². The zero-order chi connectivity index (χ0) is 42.2. The molecule has 0 aliphatic heterocycles. The minimum atomic E-state index is -0.0181. The average molecular weight is 814 g/mol. The van der Waals surface area contributed by atoms with E-state index in [0.29, 0.717) is 17.6 Å². The van der Waals surface area contributed by atoms with Crippen LogP contribution < -0.4 is 0 Å². The predicted molar refractivity (Wildman–Crippen MR) is 259 cm³/mol. The van der Waals surface area contributed by atoms with Crippen molar-refractivity contribution in [3.05, 3.63) is 175 Å². The van der Waals surface area contributed by atoms with Gasteiger partial charge in [0.25, 0.3) is 0 Å². The lowest BCUT2D eigenvalue weighted by molar-refractivity contribution is 0.332. The highest BCUT2D eigenvalue weighted by Gasteiger charge is 2.38. The van der Waals surface area contributed by atoms with Crippen LogP contribution in [0.5, 0.6) is 0 Å². The zero-order valence-electron chi connectivity index (χ0n) is 35.6. The van der Waals surface area contributed by atoms with E-state index in [0.717, 1.165) is 73.4 Å². The van der Waals surface area contributed by atoms with Crippen molar-refractivity contribution in [1.82, 2.24) is 24.1 Å². The summed E-state index contributed by atoms with van der Waals surface area (Å²) in [5.74, 6) is 1.80. The van der Waals surface area contributed by atoms with E-state index in [1.54, 1.807) is 0 Å². The molecule has 302 valence electrons. The van der Waals surface area contributed by atoms with E-state index in [1.807, 2.05) is 18.2 Å². The van der Waals surface area contributed by atoms with Crippen molar-refractivity contribution in [2.75, 3.05) is 0 Å². The molecule has 13 rings (SSSR count). The largest absolute Gasteiger partial charge is 0.456 e. The third-order valence-corrected chi connectivity index (χ3v) is 14.0. The maximum atomic E-state index is 6.28. The fraction of sp³-hybridized carbons (Fsp3) is 0.140. The molecule has 0 atom stereocenters. The van der Waals surface area contributed by atoms with Gasteiger partial charge in [-0.2, -0.15) is 9.97 Å². The molecule has 0 radical (unpaired) electrons. The molecule has 0 saturated carbocycles. The molecule has 6 nitrogen and oxygen atoms in total. The van der Waals surface area contributed by atoms with Gasteiger partial charge in [0, 0.05) is 49.1 Å². The minimum Gasteiger partial charge on any atom is -0.456 e. The molecular weight excluding hydrogens is 771 g/mol. The fourth-order valence-corrected chi connectivity index (χ4v) is 10.7. The summed E-state index contributed by atoms with van der Waals surface area (Å²) in [4.78, 5) is 16.4. The number of nitrogens with zero attached hydrogens (tertiary/aromatic N) is 5. The Morgan fingerprint density at radius 3 is 1.98 bits per heavy atom. The quantitative estimate of drug-likeness (QED) is 0.178. The average Bonchev–Trinajstić information content (AvgIpc) is 3.97. The van der Waals surface area contributed by atoms with Crippen molar-refractivity contribution >= 4 is 76.3 Å². The second kappa shape index (κ2) is 13.0. The Balaban J connectivity index is 1.19. The molecule has 0 amide bonds. The molecule has 0 spiro atoms. The predicted octanol–water partition coefficient (Wildman–Crippen LogP) is 14.8. The Hall–Kier alpha value is -7.57. The summed E-state index contributed by atoms with van der Waals surface area (Å²) in [5.41, 5.74) is 11.9. The van der Waals surface area contributed by atoms with Gasteiger partial charge in [-0.25, -0.2) is 4.98 Å². The van der Waals surface area contributed by atoms with E-state index in [-0.39, 0.29) is 10.8 Å². The van der Waals surface area contributed by atoms with Crippen LogP contribution in [-0.2, 0) is 10.8 Å². The standard InChI is InChI=1S/C57H43N5O/c1-56(2)29-30-57(3,4)45-33-48-43(32-44(45)56)51-47(27-26-40-38-20-10-12-23-46(38)61(52(40)51)36-17-6-5-7-18-36)62(48)55-59-53(35-25-28-50-42(31-35)39-21-11-13-24-49(39)63-50)58-54(60-55)41-22-14-16-34-15-8-9-19-37(34)41/h5-28,31-33H,29-30H2,1-4H3. The molecule has 6 heteroatoms. The van der Waals surface area contributed by atoms with Gasteiger partial charge in [-0.1, -0.05) is 131 Å². The van der Waals surface area contributed by atoms with Gasteiger partial charge in [-0.05, 0) is 106 Å². The Labute approximate surface area is 364 Å². The van der Waals surface area contributed by atoms with E-state index >= 15 is 0 Å². The van der Waals surface area contributed by atoms with Crippen LogP contribution in [-0.4, -0.2) is 24.1 Å². The van der Waals surface area contributed by atoms with Crippen molar-refractivity contribution in [2.45, 2.75) is 51.4 Å². The van der Waals surface area contributed by atoms with Gasteiger partial charge >= 0.3 is 0 Å². The normalized spacial score (nSPS) is 14.8. The Morgan fingerprint density at radius 2 is 1.14 bits per heavy atom. The molecule has 0 N–H and O–H groups in total. The first-order valence-corrected chi connectivity index (χ1v) is 22.0. The summed E-state index contributed by atoms with van der Waals surface area (Å²) in [6.07, 6.45) is 2.23. The first kappa shape index (κ1) is 36.1. The van der Waals surface area contributed by atoms with Crippen LogP contribution in [0.3, 0.4) is 0 Å². The zero-order valence-corrected chi connectivity index (χ0v) is 35.6. The highest BCUT2D eigenvalue weighted by molar-refractivity contribution is 6.26. The lowest BCUT2D eigenvalue weighted by Crippen LogP contribution is -2.33. The monoisotopic (exact) mass is 813 g/mol. The van der Waals surface area contributed by atoms with Crippen LogP contribution in [0.1, 0.15) is 51.7 Å². The maximum Gasteiger partial charge on any atom is 0.238 e. The first-order chi connectivity index (χ1) is 30.7. The van der Waals surface area contributed by atoms with Crippen LogP contribution in [0.4, 0.5) is 0 Å². The van der Waals surface area contributed by atoms with Crippen molar-refractivity contribution in [1.29, 1.82) is 0 Å². The topological polar surface area (TPSA) is 61.7 Å². The second-order valence-corrected chi connectivity index (χ2v) is 18.7. The number of hydrogen-bond donors (Lipinski definition) is 0. The summed E-state index contributed by atoms with van der Waals surface area (Å²) in [6.45, 7) is 9.64. The number of fused-ring (bicyclic) bond motifs is 12. The summed E-state index contributed by atoms with van der Waals surface area (Å²) >= 11 is 0. The van der Waals surface area contributed by atoms with Crippen LogP contribution in [0.15, 0.2) is 168 Å². The molecular formula is C57H43N5O. The lowest BCUT2D eigenvalue weighted by atomic mass is 9.63. The highest BCUT2D eigenvalue weighted by atomic mass is 16.3. The number of para-hydroxylation sites is 3. The summed E-state index contributed by atoms with van der Waals surface area (Å²) < 4.78 is 11.1. The molecule has 4 heterocycles. The van der Waals surface area contributed by atoms with Crippen LogP contribution >= 0.6 is 0 Å². The minimum absolute atomic E-state index is 0.00523. The Bertz CT molecular complexity index is 3860. The van der Waals surface area contributed by atoms with Crippen molar-refractivity contribution < 1.29 is 4.42 Å². The number of aromatic nitrogens is 5. The second-order valence-electron chi connectivity index (χ2n) is 18.7. The van der Waals surface area contributed by atoms with Gasteiger partial charge in [0.2, 0.25) is 5.95 Å². The molecule has 0 saturated heterocycles. The SMILES string of the molecule is CC1(C)CCC(C)(C)c2cc3c(cc21)c1c(ccc2c4ccccc4n(-c4ccccc4)c21)n3-c1nc(-c2ccc3oc4ccccc4c3c2)nc(-c2cccc3ccccc23)n1. The van der Waals surface area contributed by atoms with E-state index in [9.17, 15) is 0 Å².